The van der Waals surface area contributed by atoms with Gasteiger partial charge in [-0.2, -0.15) is 0 Å². The highest BCUT2D eigenvalue weighted by Crippen LogP contribution is 2.50. The van der Waals surface area contributed by atoms with Crippen LogP contribution in [0.25, 0.3) is 0 Å². The number of aliphatic hydroxyl groups is 2. The number of carbonyl (C=O) groups is 1. The minimum absolute atomic E-state index is 0.151. The molecule has 0 spiro atoms. The van der Waals surface area contributed by atoms with Gasteiger partial charge in [-0.3, -0.25) is 0 Å². The third-order valence-corrected chi connectivity index (χ3v) is 10.9. The molecule has 1 aromatic carbocycles. The zero-order valence-corrected chi connectivity index (χ0v) is 24.0. The molecule has 0 unspecified atom stereocenters. The van der Waals surface area contributed by atoms with Crippen LogP contribution >= 0.6 is 31.9 Å². The van der Waals surface area contributed by atoms with Crippen molar-refractivity contribution in [2.45, 2.75) is 107 Å². The summed E-state index contributed by atoms with van der Waals surface area (Å²) >= 11 is 7.67. The van der Waals surface area contributed by atoms with Crippen molar-refractivity contribution in [1.29, 1.82) is 0 Å². The van der Waals surface area contributed by atoms with E-state index in [2.05, 4.69) is 45.7 Å². The van der Waals surface area contributed by atoms with Crippen LogP contribution in [0.5, 0.6) is 5.75 Å². The number of rotatable bonds is 0. The van der Waals surface area contributed by atoms with Gasteiger partial charge in [0.05, 0.1) is 17.3 Å². The second-order valence-corrected chi connectivity index (χ2v) is 13.3. The Bertz CT molecular complexity index is 954. The Labute approximate surface area is 220 Å². The highest BCUT2D eigenvalue weighted by atomic mass is 79.9. The molecule has 0 saturated carbocycles. The van der Waals surface area contributed by atoms with Crippen molar-refractivity contribution in [3.63, 3.8) is 0 Å². The number of phenolic OH excluding ortho intramolecular Hbond substituents is 1. The van der Waals surface area contributed by atoms with Gasteiger partial charge in [-0.15, -0.1) is 0 Å². The van der Waals surface area contributed by atoms with E-state index in [1.165, 1.54) is 11.1 Å². The summed E-state index contributed by atoms with van der Waals surface area (Å²) in [6.45, 7) is 9.56. The fourth-order valence-corrected chi connectivity index (χ4v) is 6.42. The molecule has 0 saturated heterocycles. The molecule has 7 heteroatoms. The standard InChI is InChI=1S/C27H38Br2O5/c1-16-6-9-21(28)26(4)12-10-22(29)27(5,33)13-11-23(31)25(2,3)34-24(32)17-7-8-20(30)18(14-17)15-19(16)26/h7-8,14,21-23,30-31,33H,6,9-13,15H2,1-5H3/t21-,22+,23-,26-,27-/m0/s1. The number of phenols is 1. The van der Waals surface area contributed by atoms with Crippen LogP contribution in [0.2, 0.25) is 0 Å². The van der Waals surface area contributed by atoms with Crippen LogP contribution in [-0.2, 0) is 11.2 Å². The topological polar surface area (TPSA) is 87.0 Å². The van der Waals surface area contributed by atoms with Crippen molar-refractivity contribution < 1.29 is 24.9 Å². The summed E-state index contributed by atoms with van der Waals surface area (Å²) in [6, 6.07) is 4.82. The van der Waals surface area contributed by atoms with Gasteiger partial charge >= 0.3 is 5.97 Å². The minimum Gasteiger partial charge on any atom is -0.508 e. The summed E-state index contributed by atoms with van der Waals surface area (Å²) in [5.74, 6) is -0.393. The van der Waals surface area contributed by atoms with Crippen LogP contribution in [-0.4, -0.2) is 48.2 Å². The maximum absolute atomic E-state index is 13.0. The molecule has 5 nitrogen and oxygen atoms in total. The number of carbonyl (C=O) groups excluding carboxylic acids is 1. The first-order valence-corrected chi connectivity index (χ1v) is 13.9. The van der Waals surface area contributed by atoms with E-state index in [-0.39, 0.29) is 20.8 Å². The number of esters is 1. The summed E-state index contributed by atoms with van der Waals surface area (Å²) in [5.41, 5.74) is 1.27. The minimum atomic E-state index is -1.13. The van der Waals surface area contributed by atoms with Crippen molar-refractivity contribution in [2.75, 3.05) is 0 Å². The number of hydrogen-bond acceptors (Lipinski definition) is 5. The fourth-order valence-electron chi connectivity index (χ4n) is 5.23. The Morgan fingerprint density at radius 2 is 1.71 bits per heavy atom. The number of hydrogen-bond donors (Lipinski definition) is 3. The van der Waals surface area contributed by atoms with Gasteiger partial charge in [-0.25, -0.2) is 4.79 Å². The normalized spacial score (nSPS) is 35.4. The first-order valence-electron chi connectivity index (χ1n) is 12.1. The average Bonchev–Trinajstić information content (AvgIpc) is 2.76. The van der Waals surface area contributed by atoms with E-state index >= 15 is 0 Å². The number of fused-ring (bicyclic) bond motifs is 3. The number of aliphatic hydroxyl groups excluding tert-OH is 1. The monoisotopic (exact) mass is 600 g/mol. The van der Waals surface area contributed by atoms with Gasteiger partial charge in [0.15, 0.2) is 0 Å². The van der Waals surface area contributed by atoms with Gasteiger partial charge in [-0.05, 0) is 96.4 Å². The predicted molar refractivity (Wildman–Crippen MR) is 142 cm³/mol. The second kappa shape index (κ2) is 10.2. The summed E-state index contributed by atoms with van der Waals surface area (Å²) in [6.07, 6.45) is 3.85. The molecule has 0 aromatic heterocycles. The van der Waals surface area contributed by atoms with E-state index < -0.39 is 23.3 Å². The molecule has 0 amide bonds. The molecule has 5 atom stereocenters. The van der Waals surface area contributed by atoms with E-state index in [9.17, 15) is 20.1 Å². The van der Waals surface area contributed by atoms with Crippen LogP contribution in [0.3, 0.4) is 0 Å². The van der Waals surface area contributed by atoms with Crippen LogP contribution in [0.1, 0.15) is 89.1 Å². The summed E-state index contributed by atoms with van der Waals surface area (Å²) in [5, 5.41) is 32.7. The molecule has 0 radical (unpaired) electrons. The van der Waals surface area contributed by atoms with Gasteiger partial charge < -0.3 is 20.1 Å². The van der Waals surface area contributed by atoms with Gasteiger partial charge in [0, 0.05) is 15.1 Å². The lowest BCUT2D eigenvalue weighted by atomic mass is 9.66. The molecule has 3 N–H and O–H groups in total. The van der Waals surface area contributed by atoms with Crippen molar-refractivity contribution >= 4 is 37.8 Å². The molecule has 190 valence electrons. The summed E-state index contributed by atoms with van der Waals surface area (Å²) in [4.78, 5) is 13.1. The molecule has 0 fully saturated rings. The average molecular weight is 602 g/mol. The Hall–Kier alpha value is -0.890. The number of allylic oxidation sites excluding steroid dienone is 2. The lowest BCUT2D eigenvalue weighted by Gasteiger charge is -2.44. The number of aromatic hydroxyl groups is 1. The Kier molecular flexibility index (Phi) is 8.33. The molecule has 1 aliphatic heterocycles. The number of ether oxygens (including phenoxy) is 1. The fraction of sp³-hybridized carbons (Fsp3) is 0.667. The molecule has 1 heterocycles. The van der Waals surface area contributed by atoms with E-state index in [1.807, 2.05) is 0 Å². The van der Waals surface area contributed by atoms with Crippen molar-refractivity contribution in [3.05, 3.63) is 40.5 Å². The maximum atomic E-state index is 13.0. The van der Waals surface area contributed by atoms with Crippen molar-refractivity contribution in [2.24, 2.45) is 5.41 Å². The van der Waals surface area contributed by atoms with Crippen molar-refractivity contribution in [3.8, 4) is 5.75 Å². The Morgan fingerprint density at radius 3 is 2.38 bits per heavy atom. The van der Waals surface area contributed by atoms with Gasteiger partial charge in [0.2, 0.25) is 0 Å². The summed E-state index contributed by atoms with van der Waals surface area (Å²) in [7, 11) is 0. The van der Waals surface area contributed by atoms with Gasteiger partial charge in [0.25, 0.3) is 0 Å². The van der Waals surface area contributed by atoms with Crippen LogP contribution < -0.4 is 0 Å². The number of halogens is 2. The molecule has 34 heavy (non-hydrogen) atoms. The zero-order chi connectivity index (χ0) is 25.5. The molecule has 2 aliphatic rings. The molecule has 3 rings (SSSR count). The molecule has 1 aliphatic carbocycles. The lowest BCUT2D eigenvalue weighted by molar-refractivity contribution is -0.0789. The first-order chi connectivity index (χ1) is 15.7. The Morgan fingerprint density at radius 1 is 1.03 bits per heavy atom. The second-order valence-electron chi connectivity index (χ2n) is 11.1. The van der Waals surface area contributed by atoms with Crippen molar-refractivity contribution in [1.82, 2.24) is 0 Å². The molecular formula is C27H38Br2O5. The van der Waals surface area contributed by atoms with E-state index in [0.717, 1.165) is 25.7 Å². The van der Waals surface area contributed by atoms with Crippen LogP contribution in [0.4, 0.5) is 0 Å². The largest absolute Gasteiger partial charge is 0.508 e. The first kappa shape index (κ1) is 27.7. The lowest BCUT2D eigenvalue weighted by Crippen LogP contribution is -2.44. The quantitative estimate of drug-likeness (QED) is 0.187. The SMILES string of the molecule is CC1=C2Cc3cc(ccc3O)C(=O)OC(C)(C)[C@@H](O)CC[C@](C)(O)[C@H](Br)CC[C@]2(C)[C@@H](Br)CC1. The smallest absolute Gasteiger partial charge is 0.338 e. The van der Waals surface area contributed by atoms with Crippen LogP contribution in [0, 0.1) is 5.41 Å². The number of benzene rings is 1. The van der Waals surface area contributed by atoms with Crippen LogP contribution in [0.15, 0.2) is 29.3 Å². The predicted octanol–water partition coefficient (Wildman–Crippen LogP) is 6.20. The maximum Gasteiger partial charge on any atom is 0.338 e. The molecule has 1 aromatic rings. The van der Waals surface area contributed by atoms with E-state index in [4.69, 9.17) is 4.74 Å². The third kappa shape index (κ3) is 5.74. The highest BCUT2D eigenvalue weighted by molar-refractivity contribution is 9.09. The molecular weight excluding hydrogens is 564 g/mol. The third-order valence-electron chi connectivity index (χ3n) is 8.03. The molecule has 2 bridgehead atoms. The van der Waals surface area contributed by atoms with E-state index in [0.29, 0.717) is 30.4 Å². The number of cyclic esters (lactones) is 1. The zero-order valence-electron chi connectivity index (χ0n) is 20.8. The Balaban J connectivity index is 2.08. The highest BCUT2D eigenvalue weighted by Gasteiger charge is 2.42. The number of alkyl halides is 2. The summed E-state index contributed by atoms with van der Waals surface area (Å²) < 4.78 is 5.71. The van der Waals surface area contributed by atoms with Gasteiger partial charge in [0.1, 0.15) is 11.4 Å². The van der Waals surface area contributed by atoms with Gasteiger partial charge in [-0.1, -0.05) is 49.9 Å². The van der Waals surface area contributed by atoms with E-state index in [1.54, 1.807) is 39.0 Å².